The number of hydrogen-bond acceptors (Lipinski definition) is 1. The maximum Gasteiger partial charge on any atom is 0.0206 e. The second-order valence-corrected chi connectivity index (χ2v) is 5.90. The third kappa shape index (κ3) is 3.33. The van der Waals surface area contributed by atoms with E-state index in [1.807, 2.05) is 0 Å². The molecule has 0 aliphatic heterocycles. The van der Waals surface area contributed by atoms with Crippen LogP contribution in [0.3, 0.4) is 0 Å². The van der Waals surface area contributed by atoms with Gasteiger partial charge in [0.15, 0.2) is 0 Å². The summed E-state index contributed by atoms with van der Waals surface area (Å²) in [5, 5.41) is 3.60. The molecule has 88 valence electrons. The fourth-order valence-corrected chi connectivity index (χ4v) is 2.79. The predicted molar refractivity (Wildman–Crippen MR) is 72.4 cm³/mol. The van der Waals surface area contributed by atoms with Gasteiger partial charge in [0, 0.05) is 17.6 Å². The second-order valence-electron chi connectivity index (χ2n) is 4.98. The topological polar surface area (TPSA) is 12.0 Å². The third-order valence-corrected chi connectivity index (χ3v) is 3.95. The van der Waals surface area contributed by atoms with E-state index in [1.165, 1.54) is 42.3 Å². The standard InChI is InChI=1S/C14H20BrN/c1-2-6-14(7-8-14)11-16-10-12-4-3-5-13(15)9-12/h3-5,9,16H,2,6-8,10-11H2,1H3. The van der Waals surface area contributed by atoms with Gasteiger partial charge in [-0.2, -0.15) is 0 Å². The number of halogens is 1. The molecule has 0 saturated heterocycles. The zero-order valence-corrected chi connectivity index (χ0v) is 11.5. The summed E-state index contributed by atoms with van der Waals surface area (Å²) >= 11 is 3.50. The molecular formula is C14H20BrN. The van der Waals surface area contributed by atoms with Gasteiger partial charge in [-0.3, -0.25) is 0 Å². The molecule has 0 bridgehead atoms. The normalized spacial score (nSPS) is 17.4. The quantitative estimate of drug-likeness (QED) is 0.827. The average molecular weight is 282 g/mol. The highest BCUT2D eigenvalue weighted by Crippen LogP contribution is 2.48. The summed E-state index contributed by atoms with van der Waals surface area (Å²) in [7, 11) is 0. The maximum absolute atomic E-state index is 3.60. The van der Waals surface area contributed by atoms with Gasteiger partial charge in [-0.05, 0) is 42.4 Å². The van der Waals surface area contributed by atoms with Crippen LogP contribution in [0.2, 0.25) is 0 Å². The van der Waals surface area contributed by atoms with Crippen LogP contribution in [0.1, 0.15) is 38.2 Å². The minimum Gasteiger partial charge on any atom is -0.312 e. The van der Waals surface area contributed by atoms with Gasteiger partial charge in [0.1, 0.15) is 0 Å². The Morgan fingerprint density at radius 1 is 1.38 bits per heavy atom. The largest absolute Gasteiger partial charge is 0.312 e. The van der Waals surface area contributed by atoms with E-state index >= 15 is 0 Å². The Morgan fingerprint density at radius 2 is 2.19 bits per heavy atom. The van der Waals surface area contributed by atoms with Gasteiger partial charge < -0.3 is 5.32 Å². The molecule has 1 aliphatic rings. The molecular weight excluding hydrogens is 262 g/mol. The smallest absolute Gasteiger partial charge is 0.0206 e. The van der Waals surface area contributed by atoms with Crippen LogP contribution >= 0.6 is 15.9 Å². The van der Waals surface area contributed by atoms with E-state index in [0.717, 1.165) is 6.54 Å². The van der Waals surface area contributed by atoms with Gasteiger partial charge in [0.2, 0.25) is 0 Å². The van der Waals surface area contributed by atoms with Crippen molar-refractivity contribution in [1.29, 1.82) is 0 Å². The first-order valence-corrected chi connectivity index (χ1v) is 6.99. The molecule has 2 heteroatoms. The highest BCUT2D eigenvalue weighted by atomic mass is 79.9. The molecule has 1 aromatic rings. The molecule has 1 aromatic carbocycles. The number of benzene rings is 1. The maximum atomic E-state index is 3.60. The van der Waals surface area contributed by atoms with Crippen LogP contribution in [0.15, 0.2) is 28.7 Å². The Labute approximate surface area is 107 Å². The first-order chi connectivity index (χ1) is 7.74. The number of nitrogens with one attached hydrogen (secondary N) is 1. The molecule has 0 atom stereocenters. The molecule has 1 N–H and O–H groups in total. The fourth-order valence-electron chi connectivity index (χ4n) is 2.34. The summed E-state index contributed by atoms with van der Waals surface area (Å²) in [5.41, 5.74) is 2.02. The molecule has 0 amide bonds. The van der Waals surface area contributed by atoms with Crippen LogP contribution in [0.4, 0.5) is 0 Å². The van der Waals surface area contributed by atoms with Crippen LogP contribution in [0, 0.1) is 5.41 Å². The lowest BCUT2D eigenvalue weighted by molar-refractivity contribution is 0.421. The van der Waals surface area contributed by atoms with E-state index in [-0.39, 0.29) is 0 Å². The van der Waals surface area contributed by atoms with E-state index in [4.69, 9.17) is 0 Å². The van der Waals surface area contributed by atoms with Crippen molar-refractivity contribution in [3.05, 3.63) is 34.3 Å². The summed E-state index contributed by atoms with van der Waals surface area (Å²) in [6.45, 7) is 4.46. The average Bonchev–Trinajstić information content (AvgIpc) is 2.99. The van der Waals surface area contributed by atoms with Crippen molar-refractivity contribution < 1.29 is 0 Å². The van der Waals surface area contributed by atoms with Crippen molar-refractivity contribution in [2.24, 2.45) is 5.41 Å². The van der Waals surface area contributed by atoms with Crippen molar-refractivity contribution in [3.8, 4) is 0 Å². The lowest BCUT2D eigenvalue weighted by atomic mass is 10.0. The number of rotatable bonds is 6. The van der Waals surface area contributed by atoms with E-state index in [0.29, 0.717) is 5.41 Å². The zero-order chi connectivity index (χ0) is 11.4. The molecule has 1 aliphatic carbocycles. The van der Waals surface area contributed by atoms with E-state index < -0.39 is 0 Å². The molecule has 2 rings (SSSR count). The van der Waals surface area contributed by atoms with Crippen LogP contribution < -0.4 is 5.32 Å². The van der Waals surface area contributed by atoms with Crippen molar-refractivity contribution in [2.45, 2.75) is 39.2 Å². The van der Waals surface area contributed by atoms with Gasteiger partial charge >= 0.3 is 0 Å². The fraction of sp³-hybridized carbons (Fsp3) is 0.571. The van der Waals surface area contributed by atoms with Gasteiger partial charge in [0.05, 0.1) is 0 Å². The number of hydrogen-bond donors (Lipinski definition) is 1. The zero-order valence-electron chi connectivity index (χ0n) is 9.93. The van der Waals surface area contributed by atoms with Gasteiger partial charge in [-0.25, -0.2) is 0 Å². The Morgan fingerprint density at radius 3 is 2.81 bits per heavy atom. The Balaban J connectivity index is 1.76. The molecule has 1 saturated carbocycles. The van der Waals surface area contributed by atoms with Gasteiger partial charge in [-0.1, -0.05) is 41.4 Å². The molecule has 1 nitrogen and oxygen atoms in total. The highest BCUT2D eigenvalue weighted by Gasteiger charge is 2.40. The van der Waals surface area contributed by atoms with Gasteiger partial charge in [0.25, 0.3) is 0 Å². The SMILES string of the molecule is CCCC1(CNCc2cccc(Br)c2)CC1. The summed E-state index contributed by atoms with van der Waals surface area (Å²) in [5.74, 6) is 0. The van der Waals surface area contributed by atoms with Crippen molar-refractivity contribution in [3.63, 3.8) is 0 Å². The minimum atomic E-state index is 0.654. The molecule has 1 fully saturated rings. The Hall–Kier alpha value is -0.340. The van der Waals surface area contributed by atoms with E-state index in [2.05, 4.69) is 52.4 Å². The lowest BCUT2D eigenvalue weighted by Gasteiger charge is -2.14. The van der Waals surface area contributed by atoms with Crippen LogP contribution in [0.5, 0.6) is 0 Å². The summed E-state index contributed by atoms with van der Waals surface area (Å²) in [4.78, 5) is 0. The molecule has 0 radical (unpaired) electrons. The summed E-state index contributed by atoms with van der Waals surface area (Å²) < 4.78 is 1.17. The van der Waals surface area contributed by atoms with E-state index in [9.17, 15) is 0 Å². The van der Waals surface area contributed by atoms with Crippen molar-refractivity contribution in [1.82, 2.24) is 5.32 Å². The highest BCUT2D eigenvalue weighted by molar-refractivity contribution is 9.10. The van der Waals surface area contributed by atoms with E-state index in [1.54, 1.807) is 0 Å². The molecule has 16 heavy (non-hydrogen) atoms. The minimum absolute atomic E-state index is 0.654. The van der Waals surface area contributed by atoms with Crippen molar-refractivity contribution in [2.75, 3.05) is 6.54 Å². The van der Waals surface area contributed by atoms with Crippen LogP contribution in [-0.4, -0.2) is 6.54 Å². The monoisotopic (exact) mass is 281 g/mol. The third-order valence-electron chi connectivity index (χ3n) is 3.46. The lowest BCUT2D eigenvalue weighted by Crippen LogP contribution is -2.23. The second kappa shape index (κ2) is 5.33. The summed E-state index contributed by atoms with van der Waals surface area (Å²) in [6.07, 6.45) is 5.55. The first kappa shape index (κ1) is 12.1. The molecule has 0 aromatic heterocycles. The first-order valence-electron chi connectivity index (χ1n) is 6.19. The van der Waals surface area contributed by atoms with Gasteiger partial charge in [-0.15, -0.1) is 0 Å². The molecule has 0 spiro atoms. The van der Waals surface area contributed by atoms with Crippen molar-refractivity contribution >= 4 is 15.9 Å². The summed E-state index contributed by atoms with van der Waals surface area (Å²) in [6, 6.07) is 8.53. The predicted octanol–water partition coefficient (Wildman–Crippen LogP) is 4.12. The molecule has 0 unspecified atom stereocenters. The molecule has 0 heterocycles. The Bertz CT molecular complexity index is 344. The van der Waals surface area contributed by atoms with Crippen LogP contribution in [0.25, 0.3) is 0 Å². The van der Waals surface area contributed by atoms with Crippen LogP contribution in [-0.2, 0) is 6.54 Å². The Kier molecular flexibility index (Phi) is 4.04.